The molecule has 3 rings (SSSR count). The minimum Gasteiger partial charge on any atom is -0.359 e. The van der Waals surface area contributed by atoms with Crippen molar-refractivity contribution in [2.24, 2.45) is 5.92 Å². The maximum absolute atomic E-state index is 12.5. The third-order valence-electron chi connectivity index (χ3n) is 4.25. The van der Waals surface area contributed by atoms with Gasteiger partial charge in [-0.05, 0) is 25.2 Å². The summed E-state index contributed by atoms with van der Waals surface area (Å²) >= 11 is 0. The lowest BCUT2D eigenvalue weighted by Crippen LogP contribution is -2.46. The van der Waals surface area contributed by atoms with Crippen molar-refractivity contribution in [3.05, 3.63) is 11.8 Å². The normalized spacial score (nSPS) is 24.8. The molecule has 1 atom stereocenters. The van der Waals surface area contributed by atoms with Crippen LogP contribution in [0.15, 0.2) is 10.6 Å². The minimum absolute atomic E-state index is 0.0735. The highest BCUT2D eigenvalue weighted by Gasteiger charge is 2.41. The summed E-state index contributed by atoms with van der Waals surface area (Å²) in [5, 5.41) is 6.53. The number of nitrogens with zero attached hydrogens (tertiary/aromatic N) is 2. The highest BCUT2D eigenvalue weighted by molar-refractivity contribution is 7.91. The smallest absolute Gasteiger partial charge is 0.323 e. The number of nitrogens with one attached hydrogen (secondary N) is 1. The Morgan fingerprint density at radius 2 is 2.27 bits per heavy atom. The zero-order chi connectivity index (χ0) is 15.7. The van der Waals surface area contributed by atoms with Gasteiger partial charge in [0, 0.05) is 19.0 Å². The first-order valence-corrected chi connectivity index (χ1v) is 9.54. The fourth-order valence-electron chi connectivity index (χ4n) is 2.90. The number of urea groups is 1. The van der Waals surface area contributed by atoms with Crippen LogP contribution in [0.3, 0.4) is 0 Å². The van der Waals surface area contributed by atoms with Gasteiger partial charge in [0.2, 0.25) is 0 Å². The van der Waals surface area contributed by atoms with E-state index in [1.165, 1.54) is 0 Å². The number of rotatable bonds is 3. The largest absolute Gasteiger partial charge is 0.359 e. The number of carbonyl (C=O) groups excluding carboxylic acids is 1. The molecule has 22 heavy (non-hydrogen) atoms. The molecule has 2 aliphatic rings. The lowest BCUT2D eigenvalue weighted by molar-refractivity contribution is 0.187. The van der Waals surface area contributed by atoms with Gasteiger partial charge in [-0.1, -0.05) is 12.1 Å². The summed E-state index contributed by atoms with van der Waals surface area (Å²) in [5.74, 6) is 1.62. The first-order valence-electron chi connectivity index (χ1n) is 7.72. The fraction of sp³-hybridized carbons (Fsp3) is 0.714. The standard InChI is InChI=1S/C14H21N3O4S/c1-2-11-8-13(16-21-11)15-14(18)17-6-3-7-22(19,20)9-12(17)10-4-5-10/h8,10,12H,2-7,9H2,1H3,(H,15,16,18). The molecule has 1 saturated heterocycles. The molecule has 2 amide bonds. The molecule has 122 valence electrons. The predicted octanol–water partition coefficient (Wildman–Crippen LogP) is 1.67. The number of aryl methyl sites for hydroxylation is 1. The summed E-state index contributed by atoms with van der Waals surface area (Å²) in [6.07, 6.45) is 3.18. The number of hydrogen-bond donors (Lipinski definition) is 1. The van der Waals surface area contributed by atoms with Crippen molar-refractivity contribution in [2.45, 2.75) is 38.6 Å². The van der Waals surface area contributed by atoms with Gasteiger partial charge in [-0.2, -0.15) is 0 Å². The zero-order valence-electron chi connectivity index (χ0n) is 12.6. The van der Waals surface area contributed by atoms with Gasteiger partial charge in [0.25, 0.3) is 0 Å². The second kappa shape index (κ2) is 5.91. The van der Waals surface area contributed by atoms with E-state index in [4.69, 9.17) is 4.52 Å². The molecule has 1 unspecified atom stereocenters. The number of hydrogen-bond acceptors (Lipinski definition) is 5. The van der Waals surface area contributed by atoms with Crippen molar-refractivity contribution in [1.82, 2.24) is 10.1 Å². The van der Waals surface area contributed by atoms with Crippen molar-refractivity contribution < 1.29 is 17.7 Å². The van der Waals surface area contributed by atoms with Gasteiger partial charge < -0.3 is 9.42 Å². The molecule has 7 nitrogen and oxygen atoms in total. The first kappa shape index (κ1) is 15.3. The summed E-state index contributed by atoms with van der Waals surface area (Å²) in [5.41, 5.74) is 0. The molecule has 0 bridgehead atoms. The van der Waals surface area contributed by atoms with Crippen LogP contribution in [0, 0.1) is 5.92 Å². The van der Waals surface area contributed by atoms with Gasteiger partial charge in [0.05, 0.1) is 17.5 Å². The first-order chi connectivity index (χ1) is 10.5. The van der Waals surface area contributed by atoms with Crippen LogP contribution >= 0.6 is 0 Å². The van der Waals surface area contributed by atoms with E-state index >= 15 is 0 Å². The second-order valence-electron chi connectivity index (χ2n) is 6.03. The topological polar surface area (TPSA) is 92.5 Å². The van der Waals surface area contributed by atoms with Crippen LogP contribution in [0.5, 0.6) is 0 Å². The van der Waals surface area contributed by atoms with Crippen LogP contribution in [0.2, 0.25) is 0 Å². The van der Waals surface area contributed by atoms with Gasteiger partial charge >= 0.3 is 6.03 Å². The molecule has 2 heterocycles. The molecule has 1 aromatic rings. The van der Waals surface area contributed by atoms with E-state index < -0.39 is 9.84 Å². The van der Waals surface area contributed by atoms with E-state index in [1.807, 2.05) is 6.92 Å². The van der Waals surface area contributed by atoms with Gasteiger partial charge in [-0.15, -0.1) is 0 Å². The van der Waals surface area contributed by atoms with Crippen molar-refractivity contribution in [1.29, 1.82) is 0 Å². The summed E-state index contributed by atoms with van der Waals surface area (Å²) in [6, 6.07) is 1.19. The molecule has 2 fully saturated rings. The molecule has 0 spiro atoms. The van der Waals surface area contributed by atoms with Crippen molar-refractivity contribution in [2.75, 3.05) is 23.4 Å². The molecule has 1 aromatic heterocycles. The molecular formula is C14H21N3O4S. The zero-order valence-corrected chi connectivity index (χ0v) is 13.4. The Morgan fingerprint density at radius 3 is 2.91 bits per heavy atom. The van der Waals surface area contributed by atoms with E-state index in [0.717, 1.165) is 12.8 Å². The Hall–Kier alpha value is -1.57. The fourth-order valence-corrected chi connectivity index (χ4v) is 4.61. The van der Waals surface area contributed by atoms with Crippen LogP contribution in [0.4, 0.5) is 10.6 Å². The number of amides is 2. The van der Waals surface area contributed by atoms with Crippen molar-refractivity contribution >= 4 is 21.7 Å². The molecule has 0 radical (unpaired) electrons. The Bertz CT molecular complexity index is 651. The number of anilines is 1. The lowest BCUT2D eigenvalue weighted by atomic mass is 10.2. The van der Waals surface area contributed by atoms with Crippen molar-refractivity contribution in [3.63, 3.8) is 0 Å². The van der Waals surface area contributed by atoms with Crippen molar-refractivity contribution in [3.8, 4) is 0 Å². The maximum atomic E-state index is 12.5. The molecule has 1 aliphatic carbocycles. The second-order valence-corrected chi connectivity index (χ2v) is 8.26. The average molecular weight is 327 g/mol. The molecule has 1 N–H and O–H groups in total. The SMILES string of the molecule is CCc1cc(NC(=O)N2CCCS(=O)(=O)CC2C2CC2)no1. The van der Waals surface area contributed by atoms with E-state index in [-0.39, 0.29) is 23.6 Å². The van der Waals surface area contributed by atoms with E-state index in [1.54, 1.807) is 11.0 Å². The summed E-state index contributed by atoms with van der Waals surface area (Å²) < 4.78 is 29.1. The Labute approximate surface area is 129 Å². The molecule has 0 aromatic carbocycles. The van der Waals surface area contributed by atoms with E-state index in [9.17, 15) is 13.2 Å². The van der Waals surface area contributed by atoms with E-state index in [0.29, 0.717) is 36.9 Å². The van der Waals surface area contributed by atoms with Gasteiger partial charge in [0.15, 0.2) is 15.7 Å². The Balaban J connectivity index is 1.74. The summed E-state index contributed by atoms with van der Waals surface area (Å²) in [7, 11) is -3.07. The molecule has 8 heteroatoms. The third kappa shape index (κ3) is 3.43. The minimum atomic E-state index is -3.07. The quantitative estimate of drug-likeness (QED) is 0.911. The lowest BCUT2D eigenvalue weighted by Gasteiger charge is -2.29. The predicted molar refractivity (Wildman–Crippen MR) is 81.4 cm³/mol. The number of aromatic nitrogens is 1. The Morgan fingerprint density at radius 1 is 1.50 bits per heavy atom. The van der Waals surface area contributed by atoms with Crippen LogP contribution in [-0.4, -0.2) is 48.6 Å². The maximum Gasteiger partial charge on any atom is 0.323 e. The molecule has 1 aliphatic heterocycles. The Kier molecular flexibility index (Phi) is 4.12. The average Bonchev–Trinajstić information content (AvgIpc) is 3.23. The highest BCUT2D eigenvalue weighted by atomic mass is 32.2. The van der Waals surface area contributed by atoms with Gasteiger partial charge in [0.1, 0.15) is 5.76 Å². The highest BCUT2D eigenvalue weighted by Crippen LogP contribution is 2.37. The van der Waals surface area contributed by atoms with Crippen LogP contribution in [-0.2, 0) is 16.3 Å². The third-order valence-corrected chi connectivity index (χ3v) is 6.01. The van der Waals surface area contributed by atoms with E-state index in [2.05, 4.69) is 10.5 Å². The number of carbonyl (C=O) groups is 1. The van der Waals surface area contributed by atoms with Crippen LogP contribution < -0.4 is 5.32 Å². The monoisotopic (exact) mass is 327 g/mol. The summed E-state index contributed by atoms with van der Waals surface area (Å²) in [6.45, 7) is 2.40. The van der Waals surface area contributed by atoms with Crippen LogP contribution in [0.25, 0.3) is 0 Å². The van der Waals surface area contributed by atoms with Gasteiger partial charge in [-0.25, -0.2) is 13.2 Å². The van der Waals surface area contributed by atoms with Gasteiger partial charge in [-0.3, -0.25) is 5.32 Å². The van der Waals surface area contributed by atoms with Crippen LogP contribution in [0.1, 0.15) is 31.9 Å². The molecular weight excluding hydrogens is 306 g/mol. The number of sulfone groups is 1. The molecule has 1 saturated carbocycles. The summed E-state index contributed by atoms with van der Waals surface area (Å²) in [4.78, 5) is 14.2.